The summed E-state index contributed by atoms with van der Waals surface area (Å²) in [6.45, 7) is 0. The van der Waals surface area contributed by atoms with Crippen LogP contribution in [-0.4, -0.2) is 40.9 Å². The van der Waals surface area contributed by atoms with Gasteiger partial charge in [0.05, 0.1) is 0 Å². The van der Waals surface area contributed by atoms with Crippen molar-refractivity contribution in [3.63, 3.8) is 0 Å². The molecule has 8 heteroatoms. The van der Waals surface area contributed by atoms with Gasteiger partial charge < -0.3 is 10.3 Å². The van der Waals surface area contributed by atoms with E-state index in [0.29, 0.717) is 22.1 Å². The Bertz CT molecular complexity index is 847. The highest BCUT2D eigenvalue weighted by atomic mass is 16.5. The molecule has 0 bridgehead atoms. The number of rotatable bonds is 0. The lowest BCUT2D eigenvalue weighted by molar-refractivity contribution is 0.155. The summed E-state index contributed by atoms with van der Waals surface area (Å²) in [5, 5.41) is 35.1. The van der Waals surface area contributed by atoms with Crippen LogP contribution in [0, 0.1) is 0 Å². The lowest BCUT2D eigenvalue weighted by atomic mass is 10.3. The standard InChI is InChI=1S/2C6H5N3O/c10-9-6-4-2-1-3-5(6)7-8-9;10-5-3-1-2-4-6(5)8-9-7-4/h1-4,10H;1-3,10H,(H,7,8,9). The van der Waals surface area contributed by atoms with Crippen molar-refractivity contribution in [3.8, 4) is 5.75 Å². The minimum Gasteiger partial charge on any atom is -0.506 e. The van der Waals surface area contributed by atoms with Crippen molar-refractivity contribution in [1.29, 1.82) is 0 Å². The van der Waals surface area contributed by atoms with E-state index in [-0.39, 0.29) is 5.75 Å². The van der Waals surface area contributed by atoms with Gasteiger partial charge in [0.25, 0.3) is 0 Å². The van der Waals surface area contributed by atoms with Crippen LogP contribution < -0.4 is 0 Å². The van der Waals surface area contributed by atoms with E-state index >= 15 is 0 Å². The van der Waals surface area contributed by atoms with E-state index in [9.17, 15) is 0 Å². The molecule has 0 radical (unpaired) electrons. The molecule has 0 spiro atoms. The third-order valence-corrected chi connectivity index (χ3v) is 2.66. The summed E-state index contributed by atoms with van der Waals surface area (Å²) in [5.74, 6) is 0.159. The highest BCUT2D eigenvalue weighted by molar-refractivity contribution is 5.79. The number of aromatic nitrogens is 6. The molecule has 20 heavy (non-hydrogen) atoms. The maximum absolute atomic E-state index is 9.14. The van der Waals surface area contributed by atoms with Gasteiger partial charge in [-0.3, -0.25) is 0 Å². The van der Waals surface area contributed by atoms with Crippen molar-refractivity contribution < 1.29 is 10.3 Å². The van der Waals surface area contributed by atoms with Crippen LogP contribution in [0.5, 0.6) is 5.75 Å². The molecular formula is C12H10N6O2. The molecule has 2 heterocycles. The first-order chi connectivity index (χ1) is 9.75. The van der Waals surface area contributed by atoms with Crippen LogP contribution in [0.3, 0.4) is 0 Å². The number of nitrogens with one attached hydrogen (secondary N) is 1. The van der Waals surface area contributed by atoms with E-state index in [0.717, 1.165) is 4.85 Å². The highest BCUT2D eigenvalue weighted by Crippen LogP contribution is 2.18. The van der Waals surface area contributed by atoms with E-state index in [2.05, 4.69) is 25.7 Å². The number of aromatic amines is 1. The van der Waals surface area contributed by atoms with Crippen molar-refractivity contribution in [3.05, 3.63) is 42.5 Å². The SMILES string of the molecule is Oc1cccc2n[nH]nc12.On1nnc2ccccc21. The Morgan fingerprint density at radius 2 is 1.75 bits per heavy atom. The van der Waals surface area contributed by atoms with Crippen LogP contribution in [0.4, 0.5) is 0 Å². The van der Waals surface area contributed by atoms with Gasteiger partial charge in [0.2, 0.25) is 0 Å². The molecule has 0 saturated carbocycles. The predicted octanol–water partition coefficient (Wildman–Crippen LogP) is 1.33. The topological polar surface area (TPSA) is 113 Å². The first kappa shape index (κ1) is 11.9. The van der Waals surface area contributed by atoms with Gasteiger partial charge >= 0.3 is 0 Å². The van der Waals surface area contributed by atoms with Crippen molar-refractivity contribution >= 4 is 22.1 Å². The minimum atomic E-state index is 0.159. The second kappa shape index (κ2) is 4.84. The first-order valence-electron chi connectivity index (χ1n) is 5.74. The maximum atomic E-state index is 9.14. The van der Waals surface area contributed by atoms with E-state index in [1.807, 2.05) is 12.1 Å². The van der Waals surface area contributed by atoms with Gasteiger partial charge in [-0.25, -0.2) is 0 Å². The second-order valence-electron chi connectivity index (χ2n) is 3.94. The summed E-state index contributed by atoms with van der Waals surface area (Å²) >= 11 is 0. The Balaban J connectivity index is 0.000000121. The molecule has 4 aromatic rings. The Labute approximate surface area is 112 Å². The van der Waals surface area contributed by atoms with Crippen LogP contribution in [0.2, 0.25) is 0 Å². The second-order valence-corrected chi connectivity index (χ2v) is 3.94. The summed E-state index contributed by atoms with van der Waals surface area (Å²) in [4.78, 5) is 0.759. The van der Waals surface area contributed by atoms with Crippen molar-refractivity contribution in [1.82, 2.24) is 30.6 Å². The Morgan fingerprint density at radius 1 is 0.950 bits per heavy atom. The zero-order valence-electron chi connectivity index (χ0n) is 10.2. The number of fused-ring (bicyclic) bond motifs is 2. The molecule has 2 aromatic carbocycles. The van der Waals surface area contributed by atoms with E-state index < -0.39 is 0 Å². The number of hydrogen-bond acceptors (Lipinski definition) is 6. The van der Waals surface area contributed by atoms with Crippen molar-refractivity contribution in [2.45, 2.75) is 0 Å². The fourth-order valence-corrected chi connectivity index (χ4v) is 1.71. The quantitative estimate of drug-likeness (QED) is 0.415. The van der Waals surface area contributed by atoms with Crippen molar-refractivity contribution in [2.75, 3.05) is 0 Å². The average molecular weight is 270 g/mol. The molecule has 4 rings (SSSR count). The molecule has 8 nitrogen and oxygen atoms in total. The minimum absolute atomic E-state index is 0.159. The normalized spacial score (nSPS) is 10.4. The first-order valence-corrected chi connectivity index (χ1v) is 5.74. The summed E-state index contributed by atoms with van der Waals surface area (Å²) < 4.78 is 0. The van der Waals surface area contributed by atoms with Gasteiger partial charge in [-0.15, -0.1) is 5.10 Å². The summed E-state index contributed by atoms with van der Waals surface area (Å²) in [6, 6.07) is 12.3. The van der Waals surface area contributed by atoms with Crippen LogP contribution in [0.25, 0.3) is 22.1 Å². The number of benzene rings is 2. The third kappa shape index (κ3) is 2.09. The van der Waals surface area contributed by atoms with Gasteiger partial charge in [0.15, 0.2) is 5.52 Å². The highest BCUT2D eigenvalue weighted by Gasteiger charge is 2.00. The molecule has 2 aromatic heterocycles. The number of phenols is 1. The Morgan fingerprint density at radius 3 is 2.55 bits per heavy atom. The number of para-hydroxylation sites is 2. The molecular weight excluding hydrogens is 260 g/mol. The number of aromatic hydroxyl groups is 1. The van der Waals surface area contributed by atoms with E-state index in [4.69, 9.17) is 10.3 Å². The molecule has 0 unspecified atom stereocenters. The smallest absolute Gasteiger partial charge is 0.154 e. The van der Waals surface area contributed by atoms with Gasteiger partial charge in [-0.2, -0.15) is 15.4 Å². The summed E-state index contributed by atoms with van der Waals surface area (Å²) in [5.41, 5.74) is 2.52. The van der Waals surface area contributed by atoms with Crippen LogP contribution in [0.1, 0.15) is 0 Å². The third-order valence-electron chi connectivity index (χ3n) is 2.66. The van der Waals surface area contributed by atoms with Gasteiger partial charge in [-0.05, 0) is 29.5 Å². The lowest BCUT2D eigenvalue weighted by Gasteiger charge is -1.87. The van der Waals surface area contributed by atoms with Crippen LogP contribution in [-0.2, 0) is 0 Å². The largest absolute Gasteiger partial charge is 0.506 e. The van der Waals surface area contributed by atoms with E-state index in [1.165, 1.54) is 0 Å². The molecule has 3 N–H and O–H groups in total. The van der Waals surface area contributed by atoms with Crippen LogP contribution in [0.15, 0.2) is 42.5 Å². The number of hydrogen-bond donors (Lipinski definition) is 3. The monoisotopic (exact) mass is 270 g/mol. The Hall–Kier alpha value is -3.16. The molecule has 0 amide bonds. The maximum Gasteiger partial charge on any atom is 0.154 e. The number of nitrogens with zero attached hydrogens (tertiary/aromatic N) is 5. The number of H-pyrrole nitrogens is 1. The van der Waals surface area contributed by atoms with Gasteiger partial charge in [0.1, 0.15) is 22.3 Å². The predicted molar refractivity (Wildman–Crippen MR) is 70.3 cm³/mol. The molecule has 0 saturated heterocycles. The molecule has 0 atom stereocenters. The fourth-order valence-electron chi connectivity index (χ4n) is 1.71. The summed E-state index contributed by atoms with van der Waals surface area (Å²) in [7, 11) is 0. The zero-order chi connectivity index (χ0) is 13.9. The average Bonchev–Trinajstić information content (AvgIpc) is 3.08. The molecule has 0 fully saturated rings. The van der Waals surface area contributed by atoms with Gasteiger partial charge in [-0.1, -0.05) is 23.0 Å². The molecule has 0 aliphatic rings. The fraction of sp³-hybridized carbons (Fsp3) is 0. The van der Waals surface area contributed by atoms with Crippen LogP contribution >= 0.6 is 0 Å². The Kier molecular flexibility index (Phi) is 2.88. The van der Waals surface area contributed by atoms with Crippen molar-refractivity contribution in [2.24, 2.45) is 0 Å². The molecule has 0 aliphatic carbocycles. The molecule has 100 valence electrons. The van der Waals surface area contributed by atoms with E-state index in [1.54, 1.807) is 30.3 Å². The summed E-state index contributed by atoms with van der Waals surface area (Å²) in [6.07, 6.45) is 0. The zero-order valence-corrected chi connectivity index (χ0v) is 10.2. The number of phenolic OH excluding ortho intramolecular Hbond substituents is 1. The molecule has 0 aliphatic heterocycles. The lowest BCUT2D eigenvalue weighted by Crippen LogP contribution is -1.90. The van der Waals surface area contributed by atoms with Gasteiger partial charge in [0, 0.05) is 0 Å².